The van der Waals surface area contributed by atoms with Crippen LogP contribution in [0.4, 0.5) is 0 Å². The first-order valence-corrected chi connectivity index (χ1v) is 15.6. The van der Waals surface area contributed by atoms with Gasteiger partial charge in [0.25, 0.3) is 5.91 Å². The van der Waals surface area contributed by atoms with Crippen LogP contribution in [0.15, 0.2) is 88.7 Å². The topological polar surface area (TPSA) is 82.9 Å². The summed E-state index contributed by atoms with van der Waals surface area (Å²) in [5.74, 6) is -0.306. The highest BCUT2D eigenvalue weighted by atomic mass is 32.2. The monoisotopic (exact) mass is 570 g/mol. The number of amides is 1. The maximum absolute atomic E-state index is 13.7. The molecule has 1 aromatic heterocycles. The lowest BCUT2D eigenvalue weighted by Gasteiger charge is -2.34. The summed E-state index contributed by atoms with van der Waals surface area (Å²) < 4.78 is 30.7. The van der Waals surface area contributed by atoms with Gasteiger partial charge >= 0.3 is 0 Å². The zero-order valence-electron chi connectivity index (χ0n) is 23.2. The Kier molecular flexibility index (Phi) is 7.50. The first-order chi connectivity index (χ1) is 19.8. The summed E-state index contributed by atoms with van der Waals surface area (Å²) in [6.07, 6.45) is 2.27. The van der Waals surface area contributed by atoms with E-state index in [4.69, 9.17) is 0 Å². The van der Waals surface area contributed by atoms with Gasteiger partial charge in [-0.2, -0.15) is 4.31 Å². The highest BCUT2D eigenvalue weighted by Gasteiger charge is 2.30. The molecule has 2 aliphatic heterocycles. The van der Waals surface area contributed by atoms with E-state index in [0.717, 1.165) is 30.8 Å². The highest BCUT2D eigenvalue weighted by Crippen LogP contribution is 2.27. The molecule has 1 saturated heterocycles. The number of hydrogen-bond donors (Lipinski definition) is 0. The van der Waals surface area contributed by atoms with E-state index in [9.17, 15) is 18.0 Å². The van der Waals surface area contributed by atoms with E-state index < -0.39 is 15.5 Å². The second-order valence-electron chi connectivity index (χ2n) is 10.7. The molecule has 0 radical (unpaired) electrons. The van der Waals surface area contributed by atoms with Gasteiger partial charge in [0.1, 0.15) is 5.56 Å². The van der Waals surface area contributed by atoms with Gasteiger partial charge in [-0.15, -0.1) is 0 Å². The lowest BCUT2D eigenvalue weighted by molar-refractivity contribution is 0.0626. The van der Waals surface area contributed by atoms with Crippen molar-refractivity contribution in [3.05, 3.63) is 111 Å². The van der Waals surface area contributed by atoms with Crippen LogP contribution >= 0.6 is 0 Å². The molecule has 0 spiro atoms. The fourth-order valence-electron chi connectivity index (χ4n) is 5.90. The minimum Gasteiger partial charge on any atom is -0.347 e. The summed E-state index contributed by atoms with van der Waals surface area (Å²) in [6.45, 7) is 6.47. The number of carbonyl (C=O) groups is 1. The van der Waals surface area contributed by atoms with E-state index in [-0.39, 0.29) is 21.8 Å². The normalized spacial score (nSPS) is 16.6. The second kappa shape index (κ2) is 11.2. The Balaban J connectivity index is 1.26. The molecule has 0 saturated carbocycles. The van der Waals surface area contributed by atoms with E-state index in [1.807, 2.05) is 54.0 Å². The number of pyridine rings is 1. The second-order valence-corrected chi connectivity index (χ2v) is 12.7. The molecule has 1 fully saturated rings. The molecule has 212 valence electrons. The Hall–Kier alpha value is -3.79. The lowest BCUT2D eigenvalue weighted by Crippen LogP contribution is -2.49. The molecule has 0 aliphatic carbocycles. The van der Waals surface area contributed by atoms with Gasteiger partial charge in [-0.25, -0.2) is 8.42 Å². The van der Waals surface area contributed by atoms with Crippen LogP contribution in [0.1, 0.15) is 34.0 Å². The van der Waals surface area contributed by atoms with Gasteiger partial charge < -0.3 is 9.47 Å². The molecule has 8 nitrogen and oxygen atoms in total. The molecule has 0 unspecified atom stereocenters. The number of benzene rings is 3. The fourth-order valence-corrected chi connectivity index (χ4v) is 7.34. The molecule has 1 amide bonds. The van der Waals surface area contributed by atoms with E-state index in [0.29, 0.717) is 44.7 Å². The van der Waals surface area contributed by atoms with Crippen LogP contribution in [0.25, 0.3) is 10.9 Å². The fraction of sp³-hybridized carbons (Fsp3) is 0.312. The number of nitrogens with zero attached hydrogens (tertiary/aromatic N) is 4. The summed E-state index contributed by atoms with van der Waals surface area (Å²) in [5.41, 5.74) is 3.65. The molecular formula is C32H34N4O4S. The first kappa shape index (κ1) is 27.4. The third-order valence-electron chi connectivity index (χ3n) is 8.26. The molecular weight excluding hydrogens is 536 g/mol. The average molecular weight is 571 g/mol. The standard InChI is InChI=1S/C32H34N4O4S/c1-2-34-23-29(32(38)35-18-16-33(17-19-35)21-24-8-4-3-5-9-24)31(37)28-20-27(12-13-30(28)34)41(39,40)36-15-14-25-10-6-7-11-26(25)22-36/h3-13,20,23H,2,14-19,21-22H2,1H3. The molecule has 3 aromatic carbocycles. The van der Waals surface area contributed by atoms with Crippen LogP contribution in [0.3, 0.4) is 0 Å². The van der Waals surface area contributed by atoms with E-state index >= 15 is 0 Å². The molecule has 0 N–H and O–H groups in total. The zero-order valence-corrected chi connectivity index (χ0v) is 24.0. The molecule has 2 aliphatic rings. The number of aryl methyl sites for hydroxylation is 1. The largest absolute Gasteiger partial charge is 0.347 e. The molecule has 6 rings (SSSR count). The minimum absolute atomic E-state index is 0.0725. The highest BCUT2D eigenvalue weighted by molar-refractivity contribution is 7.89. The van der Waals surface area contributed by atoms with Crippen LogP contribution in [-0.4, -0.2) is 65.7 Å². The number of hydrogen-bond acceptors (Lipinski definition) is 5. The Morgan fingerprint density at radius 1 is 0.854 bits per heavy atom. The van der Waals surface area contributed by atoms with Gasteiger partial charge in [-0.05, 0) is 48.2 Å². The third-order valence-corrected chi connectivity index (χ3v) is 10.1. The Bertz CT molecular complexity index is 1760. The predicted octanol–water partition coefficient (Wildman–Crippen LogP) is 3.73. The number of rotatable bonds is 6. The molecule has 9 heteroatoms. The van der Waals surface area contributed by atoms with Crippen molar-refractivity contribution < 1.29 is 13.2 Å². The molecule has 3 heterocycles. The Morgan fingerprint density at radius 3 is 2.29 bits per heavy atom. The summed E-state index contributed by atoms with van der Waals surface area (Å²) >= 11 is 0. The summed E-state index contributed by atoms with van der Waals surface area (Å²) in [5, 5.41) is 0.249. The Labute approximate surface area is 240 Å². The molecule has 0 bridgehead atoms. The molecule has 41 heavy (non-hydrogen) atoms. The minimum atomic E-state index is -3.83. The SMILES string of the molecule is CCn1cc(C(=O)N2CCN(Cc3ccccc3)CC2)c(=O)c2cc(S(=O)(=O)N3CCc4ccccc4C3)ccc21. The van der Waals surface area contributed by atoms with Crippen molar-refractivity contribution in [2.45, 2.75) is 37.9 Å². The van der Waals surface area contributed by atoms with Gasteiger partial charge in [-0.1, -0.05) is 54.6 Å². The zero-order chi connectivity index (χ0) is 28.6. The lowest BCUT2D eigenvalue weighted by atomic mass is 10.0. The first-order valence-electron chi connectivity index (χ1n) is 14.1. The smallest absolute Gasteiger partial charge is 0.259 e. The summed E-state index contributed by atoms with van der Waals surface area (Å²) in [6, 6.07) is 22.8. The average Bonchev–Trinajstić information content (AvgIpc) is 3.01. The molecule has 0 atom stereocenters. The predicted molar refractivity (Wildman–Crippen MR) is 159 cm³/mol. The van der Waals surface area contributed by atoms with Crippen LogP contribution in [0, 0.1) is 0 Å². The number of piperazine rings is 1. The van der Waals surface area contributed by atoms with E-state index in [1.165, 1.54) is 15.9 Å². The third kappa shape index (κ3) is 5.32. The number of aromatic nitrogens is 1. The molecule has 4 aromatic rings. The van der Waals surface area contributed by atoms with Gasteiger partial charge in [-0.3, -0.25) is 14.5 Å². The van der Waals surface area contributed by atoms with Crippen molar-refractivity contribution in [1.29, 1.82) is 0 Å². The number of carbonyl (C=O) groups excluding carboxylic acids is 1. The van der Waals surface area contributed by atoms with Gasteiger partial charge in [0.2, 0.25) is 15.5 Å². The number of fused-ring (bicyclic) bond motifs is 2. The van der Waals surface area contributed by atoms with Crippen molar-refractivity contribution in [2.75, 3.05) is 32.7 Å². The van der Waals surface area contributed by atoms with Crippen LogP contribution in [-0.2, 0) is 36.1 Å². The van der Waals surface area contributed by atoms with Gasteiger partial charge in [0.15, 0.2) is 0 Å². The van der Waals surface area contributed by atoms with Crippen molar-refractivity contribution >= 4 is 26.8 Å². The van der Waals surface area contributed by atoms with Gasteiger partial charge in [0.05, 0.1) is 10.4 Å². The van der Waals surface area contributed by atoms with E-state index in [1.54, 1.807) is 23.2 Å². The maximum Gasteiger partial charge on any atom is 0.259 e. The van der Waals surface area contributed by atoms with Crippen molar-refractivity contribution in [3.8, 4) is 0 Å². The van der Waals surface area contributed by atoms with E-state index in [2.05, 4.69) is 17.0 Å². The van der Waals surface area contributed by atoms with Crippen molar-refractivity contribution in [3.63, 3.8) is 0 Å². The van der Waals surface area contributed by atoms with Gasteiger partial charge in [0, 0.05) is 63.9 Å². The van der Waals surface area contributed by atoms with Crippen LogP contribution in [0.5, 0.6) is 0 Å². The van der Waals surface area contributed by atoms with Crippen LogP contribution < -0.4 is 5.43 Å². The quantitative estimate of drug-likeness (QED) is 0.353. The summed E-state index contributed by atoms with van der Waals surface area (Å²) in [7, 11) is -3.83. The number of sulfonamides is 1. The van der Waals surface area contributed by atoms with Crippen molar-refractivity contribution in [1.82, 2.24) is 18.7 Å². The maximum atomic E-state index is 13.7. The van der Waals surface area contributed by atoms with Crippen LogP contribution in [0.2, 0.25) is 0 Å². The summed E-state index contributed by atoms with van der Waals surface area (Å²) in [4.78, 5) is 31.4. The van der Waals surface area contributed by atoms with Crippen molar-refractivity contribution in [2.24, 2.45) is 0 Å². The Morgan fingerprint density at radius 2 is 1.56 bits per heavy atom.